The maximum atomic E-state index is 14.7. The molecule has 4 heterocycles. The van der Waals surface area contributed by atoms with Gasteiger partial charge in [0, 0.05) is 12.7 Å². The molecular formula is C22H21ClF4N6O3. The monoisotopic (exact) mass is 528 g/mol. The molecule has 0 aliphatic carbocycles. The SMILES string of the molecule is C[C@@]1(c2nc(NC(=O)c3nc4ccn(CCO)c4cc3Cl)ccc2F)CO[C@@](C)(C(F)(F)F)C(N)=N1. The molecule has 0 saturated heterocycles. The minimum absolute atomic E-state index is 0.0247. The average Bonchev–Trinajstić information content (AvgIpc) is 3.18. The first kappa shape index (κ1) is 25.8. The van der Waals surface area contributed by atoms with Crippen LogP contribution in [-0.2, 0) is 16.8 Å². The summed E-state index contributed by atoms with van der Waals surface area (Å²) >= 11 is 6.25. The van der Waals surface area contributed by atoms with Crippen LogP contribution in [0.15, 0.2) is 35.5 Å². The van der Waals surface area contributed by atoms with Crippen molar-refractivity contribution in [2.45, 2.75) is 37.7 Å². The van der Waals surface area contributed by atoms with Crippen LogP contribution in [0.3, 0.4) is 0 Å². The highest BCUT2D eigenvalue weighted by atomic mass is 35.5. The van der Waals surface area contributed by atoms with Gasteiger partial charge in [-0.05, 0) is 38.1 Å². The van der Waals surface area contributed by atoms with Gasteiger partial charge in [-0.1, -0.05) is 11.6 Å². The first-order valence-corrected chi connectivity index (χ1v) is 11.0. The molecule has 192 valence electrons. The van der Waals surface area contributed by atoms with Gasteiger partial charge < -0.3 is 25.5 Å². The summed E-state index contributed by atoms with van der Waals surface area (Å²) in [6, 6.07) is 5.32. The quantitative estimate of drug-likeness (QED) is 0.436. The number of aliphatic hydroxyl groups excluding tert-OH is 1. The van der Waals surface area contributed by atoms with Crippen LogP contribution in [0.2, 0.25) is 5.02 Å². The van der Waals surface area contributed by atoms with Gasteiger partial charge in [0.05, 0.1) is 29.3 Å². The molecule has 0 unspecified atom stereocenters. The number of pyridine rings is 2. The van der Waals surface area contributed by atoms with E-state index in [-0.39, 0.29) is 28.8 Å². The molecule has 2 atom stereocenters. The van der Waals surface area contributed by atoms with Crippen LogP contribution in [0.1, 0.15) is 30.0 Å². The Balaban J connectivity index is 1.64. The van der Waals surface area contributed by atoms with Crippen LogP contribution < -0.4 is 11.1 Å². The zero-order valence-corrected chi connectivity index (χ0v) is 19.8. The minimum atomic E-state index is -4.84. The second kappa shape index (κ2) is 8.98. The Morgan fingerprint density at radius 2 is 2.03 bits per heavy atom. The second-order valence-electron chi connectivity index (χ2n) is 8.53. The summed E-state index contributed by atoms with van der Waals surface area (Å²) in [5, 5.41) is 11.6. The number of amidine groups is 1. The maximum Gasteiger partial charge on any atom is 0.424 e. The van der Waals surface area contributed by atoms with Gasteiger partial charge >= 0.3 is 6.18 Å². The van der Waals surface area contributed by atoms with Crippen LogP contribution in [0.25, 0.3) is 11.0 Å². The molecule has 14 heteroatoms. The highest BCUT2D eigenvalue weighted by Crippen LogP contribution is 2.41. The highest BCUT2D eigenvalue weighted by Gasteiger charge is 2.59. The largest absolute Gasteiger partial charge is 0.424 e. The third-order valence-corrected chi connectivity index (χ3v) is 6.19. The summed E-state index contributed by atoms with van der Waals surface area (Å²) in [5.74, 6) is -2.63. The minimum Gasteiger partial charge on any atom is -0.395 e. The van der Waals surface area contributed by atoms with Gasteiger partial charge in [-0.15, -0.1) is 0 Å². The van der Waals surface area contributed by atoms with Crippen molar-refractivity contribution in [3.05, 3.63) is 52.7 Å². The van der Waals surface area contributed by atoms with E-state index in [2.05, 4.69) is 20.3 Å². The Morgan fingerprint density at radius 1 is 1.31 bits per heavy atom. The third kappa shape index (κ3) is 4.38. The Morgan fingerprint density at radius 3 is 2.67 bits per heavy atom. The molecular weight excluding hydrogens is 508 g/mol. The van der Waals surface area contributed by atoms with E-state index in [4.69, 9.17) is 27.2 Å². The van der Waals surface area contributed by atoms with Gasteiger partial charge in [-0.3, -0.25) is 9.79 Å². The van der Waals surface area contributed by atoms with E-state index in [0.29, 0.717) is 17.6 Å². The van der Waals surface area contributed by atoms with E-state index in [1.807, 2.05) is 0 Å². The number of nitrogens with two attached hydrogens (primary N) is 1. The zero-order chi connectivity index (χ0) is 26.5. The first-order chi connectivity index (χ1) is 16.8. The van der Waals surface area contributed by atoms with Crippen molar-refractivity contribution < 1.29 is 32.2 Å². The number of rotatable bonds is 5. The topological polar surface area (TPSA) is 128 Å². The fourth-order valence-electron chi connectivity index (χ4n) is 3.73. The second-order valence-corrected chi connectivity index (χ2v) is 8.93. The van der Waals surface area contributed by atoms with E-state index >= 15 is 0 Å². The van der Waals surface area contributed by atoms with Crippen molar-refractivity contribution in [1.82, 2.24) is 14.5 Å². The number of nitrogens with zero attached hydrogens (tertiary/aromatic N) is 4. The number of ether oxygens (including phenoxy) is 1. The van der Waals surface area contributed by atoms with Gasteiger partial charge in [0.25, 0.3) is 5.91 Å². The summed E-state index contributed by atoms with van der Waals surface area (Å²) in [5.41, 5.74) is 1.63. The summed E-state index contributed by atoms with van der Waals surface area (Å²) < 4.78 is 61.6. The number of aromatic nitrogens is 3. The molecule has 0 fully saturated rings. The third-order valence-electron chi connectivity index (χ3n) is 5.90. The lowest BCUT2D eigenvalue weighted by atomic mass is 9.93. The number of amides is 1. The van der Waals surface area contributed by atoms with Crippen molar-refractivity contribution in [3.63, 3.8) is 0 Å². The molecule has 0 spiro atoms. The summed E-state index contributed by atoms with van der Waals surface area (Å²) in [4.78, 5) is 25.1. The molecule has 1 aliphatic heterocycles. The lowest BCUT2D eigenvalue weighted by Crippen LogP contribution is -2.60. The molecule has 36 heavy (non-hydrogen) atoms. The van der Waals surface area contributed by atoms with E-state index in [9.17, 15) is 22.4 Å². The Hall–Kier alpha value is -3.29. The Labute approximate surface area is 206 Å². The summed E-state index contributed by atoms with van der Waals surface area (Å²) in [7, 11) is 0. The van der Waals surface area contributed by atoms with Gasteiger partial charge in [-0.2, -0.15) is 13.2 Å². The smallest absolute Gasteiger partial charge is 0.395 e. The van der Waals surface area contributed by atoms with Gasteiger partial charge in [0.1, 0.15) is 34.4 Å². The number of nitrogens with one attached hydrogen (secondary N) is 1. The van der Waals surface area contributed by atoms with Gasteiger partial charge in [0.15, 0.2) is 0 Å². The molecule has 1 aliphatic rings. The molecule has 4 N–H and O–H groups in total. The molecule has 0 aromatic carbocycles. The standard InChI is InChI=1S/C22H21ClF4N6O3/c1-20(10-36-21(2,19(28)32-20)22(25,26)27)17-12(24)3-4-15(30-17)31-18(35)16-11(23)9-14-13(29-16)5-6-33(14)7-8-34/h3-6,9,34H,7-8,10H2,1-2H3,(H2,28,32)(H,30,31,35)/t20-,21+/m0/s1. The predicted octanol–water partition coefficient (Wildman–Crippen LogP) is 3.39. The van der Waals surface area contributed by atoms with E-state index < -0.39 is 41.5 Å². The van der Waals surface area contributed by atoms with E-state index in [1.165, 1.54) is 19.1 Å². The summed E-state index contributed by atoms with van der Waals surface area (Å²) in [6.45, 7) is 1.60. The number of aliphatic hydroxyl groups is 1. The van der Waals surface area contributed by atoms with Crippen molar-refractivity contribution in [2.24, 2.45) is 10.7 Å². The lowest BCUT2D eigenvalue weighted by molar-refractivity contribution is -0.249. The van der Waals surface area contributed by atoms with Crippen LogP contribution in [-0.4, -0.2) is 56.4 Å². The maximum absolute atomic E-state index is 14.7. The zero-order valence-electron chi connectivity index (χ0n) is 19.0. The number of alkyl halides is 3. The molecule has 0 bridgehead atoms. The molecule has 4 rings (SSSR count). The number of fused-ring (bicyclic) bond motifs is 1. The fraction of sp³-hybridized carbons (Fsp3) is 0.364. The van der Waals surface area contributed by atoms with E-state index in [1.54, 1.807) is 16.8 Å². The molecule has 0 saturated carbocycles. The van der Waals surface area contributed by atoms with Crippen LogP contribution in [0.4, 0.5) is 23.4 Å². The predicted molar refractivity (Wildman–Crippen MR) is 123 cm³/mol. The number of carbonyl (C=O) groups is 1. The van der Waals surface area contributed by atoms with Crippen molar-refractivity contribution in [2.75, 3.05) is 18.5 Å². The van der Waals surface area contributed by atoms with Crippen LogP contribution in [0.5, 0.6) is 0 Å². The van der Waals surface area contributed by atoms with Crippen molar-refractivity contribution >= 4 is 40.2 Å². The number of hydrogen-bond donors (Lipinski definition) is 3. The fourth-order valence-corrected chi connectivity index (χ4v) is 3.96. The van der Waals surface area contributed by atoms with Crippen molar-refractivity contribution in [1.29, 1.82) is 0 Å². The van der Waals surface area contributed by atoms with Crippen molar-refractivity contribution in [3.8, 4) is 0 Å². The molecule has 1 amide bonds. The normalized spacial score (nSPS) is 22.5. The van der Waals surface area contributed by atoms with Crippen LogP contribution >= 0.6 is 11.6 Å². The Bertz CT molecular complexity index is 1380. The number of carbonyl (C=O) groups excluding carboxylic acids is 1. The number of anilines is 1. The molecule has 3 aromatic rings. The molecule has 0 radical (unpaired) electrons. The highest BCUT2D eigenvalue weighted by molar-refractivity contribution is 6.34. The van der Waals surface area contributed by atoms with Gasteiger partial charge in [-0.25, -0.2) is 14.4 Å². The Kier molecular flexibility index (Phi) is 6.43. The number of halogens is 5. The average molecular weight is 529 g/mol. The van der Waals surface area contributed by atoms with Crippen LogP contribution in [0, 0.1) is 5.82 Å². The van der Waals surface area contributed by atoms with Gasteiger partial charge in [0.2, 0.25) is 5.60 Å². The van der Waals surface area contributed by atoms with E-state index in [0.717, 1.165) is 13.0 Å². The lowest BCUT2D eigenvalue weighted by Gasteiger charge is -2.40. The molecule has 9 nitrogen and oxygen atoms in total. The number of hydrogen-bond acceptors (Lipinski definition) is 7. The number of aliphatic imine (C=N–C) groups is 1. The summed E-state index contributed by atoms with van der Waals surface area (Å²) in [6.07, 6.45) is -3.15. The molecule has 3 aromatic heterocycles. The first-order valence-electron chi connectivity index (χ1n) is 10.6.